The number of nitrogens with zero attached hydrogens (tertiary/aromatic N) is 2. The second kappa shape index (κ2) is 2.64. The van der Waals surface area contributed by atoms with Crippen LogP contribution in [-0.2, 0) is 0 Å². The number of fused-ring (bicyclic) bond motifs is 2. The molecule has 68 valence electrons. The average Bonchev–Trinajstić information content (AvgIpc) is 2.57. The fourth-order valence-electron chi connectivity index (χ4n) is 1.91. The number of hydrogen-bond acceptors (Lipinski definition) is 1. The Labute approximate surface area is 81.8 Å². The summed E-state index contributed by atoms with van der Waals surface area (Å²) in [4.78, 5) is 4.46. The van der Waals surface area contributed by atoms with Crippen molar-refractivity contribution in [3.63, 3.8) is 0 Å². The summed E-state index contributed by atoms with van der Waals surface area (Å²) in [5.41, 5.74) is 0. The van der Waals surface area contributed by atoms with E-state index in [1.165, 1.54) is 16.1 Å². The van der Waals surface area contributed by atoms with Crippen LogP contribution < -0.4 is 15.3 Å². The van der Waals surface area contributed by atoms with Crippen LogP contribution >= 0.6 is 0 Å². The topological polar surface area (TPSA) is 15.4 Å². The van der Waals surface area contributed by atoms with Gasteiger partial charge >= 0.3 is 0 Å². The summed E-state index contributed by atoms with van der Waals surface area (Å²) >= 11 is 0. The summed E-state index contributed by atoms with van der Waals surface area (Å²) in [6, 6.07) is 12.8. The van der Waals surface area contributed by atoms with Gasteiger partial charge in [0.1, 0.15) is 12.4 Å². The fraction of sp³-hybridized carbons (Fsp3) is 0.167. The van der Waals surface area contributed by atoms with Gasteiger partial charge in [-0.3, -0.25) is 0 Å². The van der Waals surface area contributed by atoms with E-state index >= 15 is 0 Å². The van der Waals surface area contributed by atoms with Gasteiger partial charge in [-0.2, -0.15) is 0 Å². The van der Waals surface area contributed by atoms with Crippen molar-refractivity contribution in [3.05, 3.63) is 47.1 Å². The molecule has 0 N–H and O–H groups in total. The maximum absolute atomic E-state index is 4.46. The summed E-state index contributed by atoms with van der Waals surface area (Å²) in [6.45, 7) is 0.783. The Morgan fingerprint density at radius 3 is 2.64 bits per heavy atom. The minimum absolute atomic E-state index is 0.783. The molecule has 1 heterocycles. The van der Waals surface area contributed by atoms with Crippen LogP contribution in [0.25, 0.3) is 10.8 Å². The minimum Gasteiger partial charge on any atom is -0.213 e. The van der Waals surface area contributed by atoms with E-state index < -0.39 is 0 Å². The first-order valence-electron chi connectivity index (χ1n) is 4.76. The Balaban J connectivity index is 2.57. The van der Waals surface area contributed by atoms with Crippen molar-refractivity contribution in [2.24, 2.45) is 4.99 Å². The molecule has 0 aromatic heterocycles. The highest BCUT2D eigenvalue weighted by Crippen LogP contribution is 2.08. The van der Waals surface area contributed by atoms with E-state index in [1.807, 2.05) is 0 Å². The van der Waals surface area contributed by atoms with Crippen LogP contribution in [0.5, 0.6) is 0 Å². The van der Waals surface area contributed by atoms with Crippen molar-refractivity contribution in [2.75, 3.05) is 13.7 Å². The summed E-state index contributed by atoms with van der Waals surface area (Å²) in [7, 11) is 2.07. The Bertz CT molecular complexity index is 626. The minimum atomic E-state index is 0.783. The molecule has 0 saturated carbocycles. The molecule has 0 bridgehead atoms. The van der Waals surface area contributed by atoms with Crippen LogP contribution in [0.2, 0.25) is 0 Å². The smallest absolute Gasteiger partial charge is 0.213 e. The lowest BCUT2D eigenvalue weighted by atomic mass is 10.1. The van der Waals surface area contributed by atoms with E-state index in [-0.39, 0.29) is 0 Å². The average molecular weight is 183 g/mol. The van der Waals surface area contributed by atoms with Crippen molar-refractivity contribution in [1.82, 2.24) is 4.58 Å². The van der Waals surface area contributed by atoms with E-state index in [1.54, 1.807) is 0 Å². The third-order valence-electron chi connectivity index (χ3n) is 2.71. The third-order valence-corrected chi connectivity index (χ3v) is 2.71. The molecule has 3 rings (SSSR count). The van der Waals surface area contributed by atoms with Crippen molar-refractivity contribution >= 4 is 10.8 Å². The highest BCUT2D eigenvalue weighted by Gasteiger charge is 2.08. The van der Waals surface area contributed by atoms with Gasteiger partial charge < -0.3 is 0 Å². The molecule has 0 amide bonds. The third kappa shape index (κ3) is 0.970. The monoisotopic (exact) mass is 183 g/mol. The van der Waals surface area contributed by atoms with Crippen LogP contribution in [0.3, 0.4) is 0 Å². The zero-order valence-electron chi connectivity index (χ0n) is 8.07. The van der Waals surface area contributed by atoms with Gasteiger partial charge in [0.15, 0.2) is 0 Å². The lowest BCUT2D eigenvalue weighted by Gasteiger charge is -1.92. The quantitative estimate of drug-likeness (QED) is 0.530. The Hall–Kier alpha value is -1.70. The van der Waals surface area contributed by atoms with Gasteiger partial charge in [-0.25, -0.2) is 9.57 Å². The fourth-order valence-corrected chi connectivity index (χ4v) is 1.91. The molecule has 0 fully saturated rings. The highest BCUT2D eigenvalue weighted by atomic mass is 15.1. The van der Waals surface area contributed by atoms with E-state index in [0.29, 0.717) is 0 Å². The second-order valence-corrected chi connectivity index (χ2v) is 3.69. The van der Waals surface area contributed by atoms with Crippen molar-refractivity contribution in [2.45, 2.75) is 0 Å². The van der Waals surface area contributed by atoms with E-state index in [0.717, 1.165) is 12.0 Å². The Morgan fingerprint density at radius 1 is 1.14 bits per heavy atom. The lowest BCUT2D eigenvalue weighted by molar-refractivity contribution is 0.720. The molecule has 14 heavy (non-hydrogen) atoms. The van der Waals surface area contributed by atoms with Gasteiger partial charge in [-0.05, 0) is 16.8 Å². The summed E-state index contributed by atoms with van der Waals surface area (Å²) in [5, 5.41) is 4.91. The van der Waals surface area contributed by atoms with Gasteiger partial charge in [0.2, 0.25) is 12.0 Å². The maximum atomic E-state index is 4.46. The first-order chi connectivity index (χ1) is 6.84. The van der Waals surface area contributed by atoms with Crippen LogP contribution in [0.4, 0.5) is 0 Å². The molecule has 2 aromatic rings. The zero-order valence-corrected chi connectivity index (χ0v) is 8.07. The summed E-state index contributed by atoms with van der Waals surface area (Å²) < 4.78 is 2.17. The molecule has 0 unspecified atom stereocenters. The predicted molar refractivity (Wildman–Crippen MR) is 56.8 cm³/mol. The van der Waals surface area contributed by atoms with Gasteiger partial charge in [0.05, 0.1) is 0 Å². The first kappa shape index (κ1) is 7.68. The molecule has 2 aromatic carbocycles. The SMILES string of the molecule is C[N+]1=c2cc3ccccc3cc2=NC1. The van der Waals surface area contributed by atoms with Gasteiger partial charge in [-0.15, -0.1) is 0 Å². The van der Waals surface area contributed by atoms with E-state index in [2.05, 4.69) is 53.0 Å². The molecule has 0 aliphatic carbocycles. The van der Waals surface area contributed by atoms with Crippen molar-refractivity contribution < 1.29 is 0 Å². The normalized spacial score (nSPS) is 14.2. The second-order valence-electron chi connectivity index (χ2n) is 3.69. The molecule has 0 atom stereocenters. The number of rotatable bonds is 0. The number of hydrogen-bond donors (Lipinski definition) is 0. The van der Waals surface area contributed by atoms with Gasteiger partial charge in [0, 0.05) is 6.07 Å². The van der Waals surface area contributed by atoms with E-state index in [4.69, 9.17) is 0 Å². The summed E-state index contributed by atoms with van der Waals surface area (Å²) in [5.74, 6) is 0. The van der Waals surface area contributed by atoms with E-state index in [9.17, 15) is 0 Å². The molecular weight excluding hydrogens is 172 g/mol. The van der Waals surface area contributed by atoms with Crippen molar-refractivity contribution in [3.8, 4) is 0 Å². The number of benzene rings is 2. The maximum Gasteiger partial charge on any atom is 0.236 e. The molecule has 2 heteroatoms. The molecule has 0 radical (unpaired) electrons. The van der Waals surface area contributed by atoms with Crippen LogP contribution in [-0.4, -0.2) is 13.7 Å². The van der Waals surface area contributed by atoms with Crippen molar-refractivity contribution in [1.29, 1.82) is 0 Å². The van der Waals surface area contributed by atoms with Gasteiger partial charge in [0.25, 0.3) is 0 Å². The van der Waals surface area contributed by atoms with Crippen LogP contribution in [0, 0.1) is 0 Å². The van der Waals surface area contributed by atoms with Crippen LogP contribution in [0.1, 0.15) is 0 Å². The molecular formula is C12H11N2+. The van der Waals surface area contributed by atoms with Gasteiger partial charge in [-0.1, -0.05) is 24.3 Å². The molecule has 2 nitrogen and oxygen atoms in total. The molecule has 0 saturated heterocycles. The largest absolute Gasteiger partial charge is 0.236 e. The Morgan fingerprint density at radius 2 is 1.86 bits per heavy atom. The lowest BCUT2D eigenvalue weighted by Crippen LogP contribution is -2.31. The Kier molecular flexibility index (Phi) is 1.45. The molecule has 1 aliphatic rings. The first-order valence-corrected chi connectivity index (χ1v) is 4.76. The molecule has 1 aliphatic heterocycles. The zero-order chi connectivity index (χ0) is 9.54. The molecule has 0 spiro atoms. The highest BCUT2D eigenvalue weighted by molar-refractivity contribution is 5.81. The predicted octanol–water partition coefficient (Wildman–Crippen LogP) is 0.551. The van der Waals surface area contributed by atoms with Crippen LogP contribution in [0.15, 0.2) is 41.4 Å². The summed E-state index contributed by atoms with van der Waals surface area (Å²) in [6.07, 6.45) is 0. The standard InChI is InChI=1S/C12H11N2/c1-14-8-13-11-6-9-4-2-3-5-10(9)7-12(11)14/h2-7H,8H2,1H3/q+1.